The zero-order valence-corrected chi connectivity index (χ0v) is 22.7. The molecule has 2 fully saturated rings. The van der Waals surface area contributed by atoms with Crippen LogP contribution >= 0.6 is 23.2 Å². The number of amides is 1. The molecule has 2 saturated heterocycles. The highest BCUT2D eigenvalue weighted by molar-refractivity contribution is 6.35. The Morgan fingerprint density at radius 3 is 2.74 bits per heavy atom. The summed E-state index contributed by atoms with van der Waals surface area (Å²) in [6.07, 6.45) is 2.03. The van der Waals surface area contributed by atoms with Crippen molar-refractivity contribution in [2.75, 3.05) is 26.2 Å². The molecule has 2 aliphatic heterocycles. The zero-order chi connectivity index (χ0) is 27.3. The highest BCUT2D eigenvalue weighted by atomic mass is 35.5. The first kappa shape index (κ1) is 25.8. The average molecular weight is 571 g/mol. The summed E-state index contributed by atoms with van der Waals surface area (Å²) in [7, 11) is 0. The number of likely N-dealkylation sites (tertiary alicyclic amines) is 1. The molecule has 12 heteroatoms. The minimum atomic E-state index is -0.804. The lowest BCUT2D eigenvalue weighted by Crippen LogP contribution is -2.73. The number of hydrogen-bond donors (Lipinski definition) is 2. The van der Waals surface area contributed by atoms with Crippen molar-refractivity contribution in [3.05, 3.63) is 70.0 Å². The van der Waals surface area contributed by atoms with Gasteiger partial charge in [0.05, 0.1) is 28.9 Å². The molecule has 2 aliphatic rings. The van der Waals surface area contributed by atoms with E-state index in [1.807, 2.05) is 24.3 Å². The van der Waals surface area contributed by atoms with Gasteiger partial charge >= 0.3 is 6.09 Å². The number of H-pyrrole nitrogens is 1. The van der Waals surface area contributed by atoms with Crippen molar-refractivity contribution in [3.8, 4) is 17.0 Å². The number of nitrogens with zero attached hydrogens (tertiary/aromatic N) is 4. The largest absolute Gasteiger partial charge is 0.486 e. The number of fused-ring (bicyclic) bond motifs is 1. The Labute approximate surface area is 233 Å². The van der Waals surface area contributed by atoms with Crippen LogP contribution < -0.4 is 10.1 Å². The molecule has 0 bridgehead atoms. The lowest BCUT2D eigenvalue weighted by atomic mass is 9.66. The van der Waals surface area contributed by atoms with E-state index in [0.717, 1.165) is 35.2 Å². The summed E-state index contributed by atoms with van der Waals surface area (Å²) >= 11 is 12.3. The van der Waals surface area contributed by atoms with Crippen molar-refractivity contribution in [2.24, 2.45) is 5.41 Å². The molecule has 3 aromatic heterocycles. The van der Waals surface area contributed by atoms with Crippen molar-refractivity contribution in [3.63, 3.8) is 0 Å². The topological polar surface area (TPSA) is 105 Å². The van der Waals surface area contributed by atoms with Crippen molar-refractivity contribution >= 4 is 40.2 Å². The fourth-order valence-corrected chi connectivity index (χ4v) is 6.07. The van der Waals surface area contributed by atoms with E-state index in [9.17, 15) is 9.18 Å². The third kappa shape index (κ3) is 4.36. The van der Waals surface area contributed by atoms with E-state index in [2.05, 4.69) is 20.5 Å². The van der Waals surface area contributed by atoms with Gasteiger partial charge < -0.3 is 14.8 Å². The van der Waals surface area contributed by atoms with Crippen LogP contribution in [0.2, 0.25) is 10.0 Å². The van der Waals surface area contributed by atoms with E-state index in [1.54, 1.807) is 31.0 Å². The molecule has 39 heavy (non-hydrogen) atoms. The summed E-state index contributed by atoms with van der Waals surface area (Å²) in [5.41, 5.74) is 3.45. The number of halogens is 3. The second-order valence-electron chi connectivity index (χ2n) is 9.83. The van der Waals surface area contributed by atoms with Gasteiger partial charge in [-0.3, -0.25) is 15.0 Å². The highest BCUT2D eigenvalue weighted by Gasteiger charge is 2.59. The van der Waals surface area contributed by atoms with Crippen LogP contribution in [-0.2, 0) is 4.74 Å². The van der Waals surface area contributed by atoms with Gasteiger partial charge in [-0.25, -0.2) is 9.78 Å². The van der Waals surface area contributed by atoms with Crippen LogP contribution in [0.4, 0.5) is 9.18 Å². The lowest BCUT2D eigenvalue weighted by Gasteiger charge is -2.61. The maximum Gasteiger partial charge on any atom is 0.410 e. The van der Waals surface area contributed by atoms with Crippen molar-refractivity contribution in [1.29, 1.82) is 0 Å². The van der Waals surface area contributed by atoms with Gasteiger partial charge in [-0.2, -0.15) is 9.49 Å². The minimum Gasteiger partial charge on any atom is -0.486 e. The predicted molar refractivity (Wildman–Crippen MR) is 144 cm³/mol. The second-order valence-corrected chi connectivity index (χ2v) is 10.6. The molecule has 6 rings (SSSR count). The summed E-state index contributed by atoms with van der Waals surface area (Å²) in [6.45, 7) is 6.20. The molecule has 0 saturated carbocycles. The molecule has 202 valence electrons. The van der Waals surface area contributed by atoms with Crippen LogP contribution in [0.1, 0.15) is 37.3 Å². The first-order valence-corrected chi connectivity index (χ1v) is 13.3. The molecule has 0 radical (unpaired) electrons. The minimum absolute atomic E-state index is 0.00718. The normalized spacial score (nSPS) is 18.5. The first-order chi connectivity index (χ1) is 18.8. The number of pyridine rings is 2. The fourth-order valence-electron chi connectivity index (χ4n) is 5.42. The Morgan fingerprint density at radius 1 is 1.23 bits per heavy atom. The Morgan fingerprint density at radius 2 is 2.05 bits per heavy atom. The molecule has 1 aromatic carbocycles. The van der Waals surface area contributed by atoms with Crippen LogP contribution in [0.5, 0.6) is 5.75 Å². The van der Waals surface area contributed by atoms with Gasteiger partial charge in [-0.15, -0.1) is 0 Å². The molecule has 4 aromatic rings. The molecule has 5 heterocycles. The van der Waals surface area contributed by atoms with E-state index in [-0.39, 0.29) is 27.6 Å². The molecule has 1 unspecified atom stereocenters. The Balaban J connectivity index is 1.26. The molecule has 2 atom stereocenters. The van der Waals surface area contributed by atoms with E-state index >= 15 is 0 Å². The summed E-state index contributed by atoms with van der Waals surface area (Å²) < 4.78 is 25.3. The van der Waals surface area contributed by atoms with Gasteiger partial charge in [0.2, 0.25) is 5.95 Å². The Bertz CT molecular complexity index is 1560. The molecule has 1 spiro atoms. The maximum absolute atomic E-state index is 13.9. The molecular formula is C27H25Cl2FN6O3. The van der Waals surface area contributed by atoms with E-state index in [4.69, 9.17) is 37.7 Å². The SMILES string of the molecule is CCOC(=O)N1CC2(CNC2)C1c1ccc(-c2n[nH]c3ccc(O[C@@H](C)c4c(Cl)cnc(F)c4Cl)cc23)cn1. The van der Waals surface area contributed by atoms with Crippen molar-refractivity contribution in [2.45, 2.75) is 26.0 Å². The van der Waals surface area contributed by atoms with Gasteiger partial charge in [0.15, 0.2) is 0 Å². The summed E-state index contributed by atoms with van der Waals surface area (Å²) in [5, 5.41) is 11.7. The van der Waals surface area contributed by atoms with Gasteiger partial charge in [-0.05, 0) is 44.2 Å². The number of rotatable bonds is 6. The summed E-state index contributed by atoms with van der Waals surface area (Å²) in [5.74, 6) is -0.271. The average Bonchev–Trinajstić information content (AvgIpc) is 3.29. The molecule has 0 aliphatic carbocycles. The van der Waals surface area contributed by atoms with Crippen molar-refractivity contribution in [1.82, 2.24) is 30.4 Å². The van der Waals surface area contributed by atoms with Crippen LogP contribution in [0.15, 0.2) is 42.7 Å². The van der Waals surface area contributed by atoms with Crippen LogP contribution in [0.25, 0.3) is 22.2 Å². The highest BCUT2D eigenvalue weighted by Crippen LogP contribution is 2.51. The van der Waals surface area contributed by atoms with Gasteiger partial charge in [-0.1, -0.05) is 23.2 Å². The number of hydrogen-bond acceptors (Lipinski definition) is 7. The molecular weight excluding hydrogens is 546 g/mol. The van der Waals surface area contributed by atoms with E-state index < -0.39 is 12.1 Å². The summed E-state index contributed by atoms with van der Waals surface area (Å²) in [6, 6.07) is 9.24. The van der Waals surface area contributed by atoms with Crippen LogP contribution in [-0.4, -0.2) is 57.4 Å². The quantitative estimate of drug-likeness (QED) is 0.286. The maximum atomic E-state index is 13.9. The number of carbonyl (C=O) groups excluding carboxylic acids is 1. The predicted octanol–water partition coefficient (Wildman–Crippen LogP) is 5.71. The third-order valence-electron chi connectivity index (χ3n) is 7.39. The first-order valence-electron chi connectivity index (χ1n) is 12.6. The lowest BCUT2D eigenvalue weighted by molar-refractivity contribution is -0.0982. The molecule has 9 nitrogen and oxygen atoms in total. The number of aromatic nitrogens is 4. The van der Waals surface area contributed by atoms with Gasteiger partial charge in [0.25, 0.3) is 0 Å². The van der Waals surface area contributed by atoms with Gasteiger partial charge in [0, 0.05) is 54.0 Å². The number of ether oxygens (including phenoxy) is 2. The summed E-state index contributed by atoms with van der Waals surface area (Å²) in [4.78, 5) is 22.5. The zero-order valence-electron chi connectivity index (χ0n) is 21.2. The smallest absolute Gasteiger partial charge is 0.410 e. The van der Waals surface area contributed by atoms with Crippen LogP contribution in [0.3, 0.4) is 0 Å². The number of benzene rings is 1. The van der Waals surface area contributed by atoms with Crippen molar-refractivity contribution < 1.29 is 18.7 Å². The molecule has 2 N–H and O–H groups in total. The fraction of sp³-hybridized carbons (Fsp3) is 0.333. The number of nitrogens with one attached hydrogen (secondary N) is 2. The second kappa shape index (κ2) is 9.93. The molecule has 1 amide bonds. The standard InChI is InChI=1S/C27H25Cl2FN6O3/c1-3-38-26(37)36-13-27(11-31-12-27)24(36)20-6-4-15(9-32-20)23-17-8-16(5-7-19(17)34-35-23)39-14(2)21-18(28)10-33-25(30)22(21)29/h4-10,14,24,31H,3,11-13H2,1-2H3,(H,34,35)/t14-,24?/m0/s1. The van der Waals surface area contributed by atoms with Gasteiger partial charge in [0.1, 0.15) is 22.6 Å². The third-order valence-corrected chi connectivity index (χ3v) is 8.05. The van der Waals surface area contributed by atoms with Crippen LogP contribution in [0, 0.1) is 11.4 Å². The number of aromatic amines is 1. The Hall–Kier alpha value is -3.47. The number of carbonyl (C=O) groups is 1. The van der Waals surface area contributed by atoms with E-state index in [0.29, 0.717) is 30.2 Å². The van der Waals surface area contributed by atoms with E-state index in [1.165, 1.54) is 6.20 Å². The monoisotopic (exact) mass is 570 g/mol. The Kier molecular flexibility index (Phi) is 6.57.